The van der Waals surface area contributed by atoms with Crippen LogP contribution in [0.15, 0.2) is 77.9 Å². The highest BCUT2D eigenvalue weighted by Gasteiger charge is 2.17. The first kappa shape index (κ1) is 20.1. The molecule has 0 aliphatic rings. The number of aromatic nitrogens is 3. The summed E-state index contributed by atoms with van der Waals surface area (Å²) < 4.78 is 9.04. The first-order valence-electron chi connectivity index (χ1n) is 10.7. The predicted molar refractivity (Wildman–Crippen MR) is 129 cm³/mol. The van der Waals surface area contributed by atoms with Gasteiger partial charge in [-0.3, -0.25) is 9.36 Å². The molecular weight excluding hydrogens is 398 g/mol. The highest BCUT2D eigenvalue weighted by Crippen LogP contribution is 2.28. The SMILES string of the molecule is COc1ccc(Cn2cnc3c4cc(C)ccc4n(Cc4ccccc4C)c3c2=O)cc1. The molecule has 0 saturated carbocycles. The van der Waals surface area contributed by atoms with Crippen LogP contribution in [0, 0.1) is 13.8 Å². The van der Waals surface area contributed by atoms with E-state index in [2.05, 4.69) is 48.7 Å². The third-order valence-corrected chi connectivity index (χ3v) is 6.08. The summed E-state index contributed by atoms with van der Waals surface area (Å²) in [6.07, 6.45) is 1.66. The Hall–Kier alpha value is -3.86. The van der Waals surface area contributed by atoms with Gasteiger partial charge >= 0.3 is 0 Å². The summed E-state index contributed by atoms with van der Waals surface area (Å²) in [6.45, 7) is 5.25. The molecule has 0 bridgehead atoms. The fourth-order valence-electron chi connectivity index (χ4n) is 4.28. The van der Waals surface area contributed by atoms with E-state index in [1.54, 1.807) is 18.0 Å². The van der Waals surface area contributed by atoms with E-state index in [-0.39, 0.29) is 5.56 Å². The molecule has 0 N–H and O–H groups in total. The molecule has 0 aliphatic heterocycles. The van der Waals surface area contributed by atoms with Crippen molar-refractivity contribution >= 4 is 21.9 Å². The molecule has 0 amide bonds. The van der Waals surface area contributed by atoms with Crippen LogP contribution in [-0.2, 0) is 13.1 Å². The molecule has 5 heteroatoms. The molecule has 5 nitrogen and oxygen atoms in total. The second-order valence-electron chi connectivity index (χ2n) is 8.26. The lowest BCUT2D eigenvalue weighted by Crippen LogP contribution is -2.23. The first-order chi connectivity index (χ1) is 15.5. The Kier molecular flexibility index (Phi) is 5.02. The third-order valence-electron chi connectivity index (χ3n) is 6.08. The summed E-state index contributed by atoms with van der Waals surface area (Å²) >= 11 is 0. The normalized spacial score (nSPS) is 11.3. The Labute approximate surface area is 186 Å². The third kappa shape index (κ3) is 3.46. The van der Waals surface area contributed by atoms with Gasteiger partial charge in [0.1, 0.15) is 16.8 Å². The molecule has 0 saturated heterocycles. The summed E-state index contributed by atoms with van der Waals surface area (Å²) in [5.74, 6) is 0.795. The van der Waals surface area contributed by atoms with Crippen molar-refractivity contribution < 1.29 is 4.74 Å². The average molecular weight is 424 g/mol. The second kappa shape index (κ2) is 8.00. The van der Waals surface area contributed by atoms with Crippen LogP contribution in [0.4, 0.5) is 0 Å². The minimum Gasteiger partial charge on any atom is -0.497 e. The van der Waals surface area contributed by atoms with Crippen LogP contribution in [0.25, 0.3) is 21.9 Å². The molecule has 0 spiro atoms. The van der Waals surface area contributed by atoms with E-state index < -0.39 is 0 Å². The van der Waals surface area contributed by atoms with Crippen molar-refractivity contribution in [1.29, 1.82) is 0 Å². The number of hydrogen-bond donors (Lipinski definition) is 0. The zero-order valence-corrected chi connectivity index (χ0v) is 18.5. The number of aryl methyl sites for hydroxylation is 2. The van der Waals surface area contributed by atoms with Crippen LogP contribution >= 0.6 is 0 Å². The summed E-state index contributed by atoms with van der Waals surface area (Å²) in [5.41, 5.74) is 6.96. The molecule has 3 aromatic carbocycles. The van der Waals surface area contributed by atoms with Crippen LogP contribution in [0.3, 0.4) is 0 Å². The van der Waals surface area contributed by atoms with Crippen LogP contribution in [0.5, 0.6) is 5.75 Å². The molecule has 0 radical (unpaired) electrons. The van der Waals surface area contributed by atoms with Crippen LogP contribution in [-0.4, -0.2) is 21.2 Å². The molecule has 0 unspecified atom stereocenters. The quantitative estimate of drug-likeness (QED) is 0.396. The summed E-state index contributed by atoms with van der Waals surface area (Å²) in [5, 5.41) is 1.02. The number of benzene rings is 3. The van der Waals surface area contributed by atoms with Gasteiger partial charge in [0.2, 0.25) is 0 Å². The lowest BCUT2D eigenvalue weighted by Gasteiger charge is -2.11. The van der Waals surface area contributed by atoms with Gasteiger partial charge in [-0.1, -0.05) is 48.0 Å². The molecule has 5 aromatic rings. The van der Waals surface area contributed by atoms with E-state index in [1.165, 1.54) is 11.1 Å². The molecule has 0 fully saturated rings. The van der Waals surface area contributed by atoms with Gasteiger partial charge in [-0.15, -0.1) is 0 Å². The fraction of sp³-hybridized carbons (Fsp3) is 0.185. The smallest absolute Gasteiger partial charge is 0.278 e. The molecular formula is C27H25N3O2. The van der Waals surface area contributed by atoms with E-state index in [0.29, 0.717) is 18.6 Å². The van der Waals surface area contributed by atoms with E-state index in [0.717, 1.165) is 33.3 Å². The number of ether oxygens (including phenoxy) is 1. The van der Waals surface area contributed by atoms with Crippen LogP contribution < -0.4 is 10.3 Å². The number of rotatable bonds is 5. The van der Waals surface area contributed by atoms with Gasteiger partial charge in [0.05, 0.1) is 25.5 Å². The van der Waals surface area contributed by atoms with Crippen molar-refractivity contribution in [2.45, 2.75) is 26.9 Å². The minimum atomic E-state index is -0.0340. The maximum Gasteiger partial charge on any atom is 0.278 e. The topological polar surface area (TPSA) is 49.0 Å². The molecule has 32 heavy (non-hydrogen) atoms. The maximum atomic E-state index is 13.7. The van der Waals surface area contributed by atoms with Crippen molar-refractivity contribution in [3.63, 3.8) is 0 Å². The summed E-state index contributed by atoms with van der Waals surface area (Å²) in [7, 11) is 1.65. The lowest BCUT2D eigenvalue weighted by atomic mass is 10.1. The van der Waals surface area contributed by atoms with Crippen molar-refractivity contribution in [2.24, 2.45) is 0 Å². The maximum absolute atomic E-state index is 13.7. The van der Waals surface area contributed by atoms with Crippen molar-refractivity contribution in [3.8, 4) is 5.75 Å². The Bertz CT molecular complexity index is 1490. The number of hydrogen-bond acceptors (Lipinski definition) is 3. The van der Waals surface area contributed by atoms with Crippen molar-refractivity contribution in [3.05, 3.63) is 106 Å². The number of fused-ring (bicyclic) bond motifs is 3. The van der Waals surface area contributed by atoms with Gasteiger partial charge in [-0.2, -0.15) is 0 Å². The van der Waals surface area contributed by atoms with Crippen molar-refractivity contribution in [2.75, 3.05) is 7.11 Å². The monoisotopic (exact) mass is 423 g/mol. The van der Waals surface area contributed by atoms with Crippen LogP contribution in [0.1, 0.15) is 22.3 Å². The molecule has 0 aliphatic carbocycles. The van der Waals surface area contributed by atoms with Gasteiger partial charge < -0.3 is 9.30 Å². The predicted octanol–water partition coefficient (Wildman–Crippen LogP) is 5.07. The zero-order chi connectivity index (χ0) is 22.2. The molecule has 2 aromatic heterocycles. The molecule has 5 rings (SSSR count). The van der Waals surface area contributed by atoms with Crippen molar-refractivity contribution in [1.82, 2.24) is 14.1 Å². The number of methoxy groups -OCH3 is 1. The summed E-state index contributed by atoms with van der Waals surface area (Å²) in [4.78, 5) is 18.4. The van der Waals surface area contributed by atoms with Gasteiger partial charge in [0, 0.05) is 11.9 Å². The van der Waals surface area contributed by atoms with E-state index in [4.69, 9.17) is 9.72 Å². The number of nitrogens with zero attached hydrogens (tertiary/aromatic N) is 3. The largest absolute Gasteiger partial charge is 0.497 e. The minimum absolute atomic E-state index is 0.0340. The fourth-order valence-corrected chi connectivity index (χ4v) is 4.28. The zero-order valence-electron chi connectivity index (χ0n) is 18.5. The lowest BCUT2D eigenvalue weighted by molar-refractivity contribution is 0.414. The van der Waals surface area contributed by atoms with Gasteiger partial charge in [0.15, 0.2) is 0 Å². The Morgan fingerprint density at radius 1 is 0.938 bits per heavy atom. The summed E-state index contributed by atoms with van der Waals surface area (Å²) in [6, 6.07) is 22.4. The highest BCUT2D eigenvalue weighted by atomic mass is 16.5. The van der Waals surface area contributed by atoms with E-state index >= 15 is 0 Å². The first-order valence-corrected chi connectivity index (χ1v) is 10.7. The standard InChI is InChI=1S/C27H25N3O2/c1-18-8-13-24-23(14-18)25-26(30(24)16-21-7-5-4-6-19(21)2)27(31)29(17-28-25)15-20-9-11-22(32-3)12-10-20/h4-14,17H,15-16H2,1-3H3. The van der Waals surface area contributed by atoms with Gasteiger partial charge in [-0.05, 0) is 54.8 Å². The van der Waals surface area contributed by atoms with E-state index in [9.17, 15) is 4.79 Å². The van der Waals surface area contributed by atoms with Gasteiger partial charge in [-0.25, -0.2) is 4.98 Å². The van der Waals surface area contributed by atoms with E-state index in [1.807, 2.05) is 36.4 Å². The Morgan fingerprint density at radius 2 is 1.72 bits per heavy atom. The van der Waals surface area contributed by atoms with Gasteiger partial charge in [0.25, 0.3) is 5.56 Å². The molecule has 160 valence electrons. The molecule has 2 heterocycles. The molecule has 0 atom stereocenters. The highest BCUT2D eigenvalue weighted by molar-refractivity contribution is 6.05. The Morgan fingerprint density at radius 3 is 2.47 bits per heavy atom. The van der Waals surface area contributed by atoms with Crippen LogP contribution in [0.2, 0.25) is 0 Å². The average Bonchev–Trinajstić information content (AvgIpc) is 3.11. The Balaban J connectivity index is 1.69. The second-order valence-corrected chi connectivity index (χ2v) is 8.26.